The molecule has 2 aromatic carbocycles. The third kappa shape index (κ3) is 3.22. The van der Waals surface area contributed by atoms with E-state index in [0.717, 1.165) is 11.1 Å². The van der Waals surface area contributed by atoms with Gasteiger partial charge in [0.15, 0.2) is 0 Å². The van der Waals surface area contributed by atoms with Crippen LogP contribution >= 0.6 is 11.6 Å². The van der Waals surface area contributed by atoms with E-state index in [0.29, 0.717) is 12.4 Å². The van der Waals surface area contributed by atoms with Crippen molar-refractivity contribution in [3.8, 4) is 5.75 Å². The number of hydrogen-bond acceptors (Lipinski definition) is 2. The fraction of sp³-hybridized carbons (Fsp3) is 0.143. The summed E-state index contributed by atoms with van der Waals surface area (Å²) in [5.41, 5.74) is 1.62. The van der Waals surface area contributed by atoms with Crippen molar-refractivity contribution in [3.05, 3.63) is 64.4 Å². The van der Waals surface area contributed by atoms with Gasteiger partial charge in [-0.15, -0.1) is 0 Å². The lowest BCUT2D eigenvalue weighted by Crippen LogP contribution is -1.96. The van der Waals surface area contributed by atoms with E-state index in [-0.39, 0.29) is 11.6 Å². The third-order valence-corrected chi connectivity index (χ3v) is 2.79. The van der Waals surface area contributed by atoms with Crippen LogP contribution in [0.25, 0.3) is 0 Å². The van der Waals surface area contributed by atoms with Gasteiger partial charge in [0, 0.05) is 0 Å². The van der Waals surface area contributed by atoms with Gasteiger partial charge in [-0.05, 0) is 35.4 Å². The van der Waals surface area contributed by atoms with Gasteiger partial charge in [-0.1, -0.05) is 29.8 Å². The van der Waals surface area contributed by atoms with Crippen molar-refractivity contribution in [1.82, 2.24) is 0 Å². The summed E-state index contributed by atoms with van der Waals surface area (Å²) in [4.78, 5) is 0. The van der Waals surface area contributed by atoms with Crippen LogP contribution in [-0.2, 0) is 13.2 Å². The quantitative estimate of drug-likeness (QED) is 0.917. The van der Waals surface area contributed by atoms with Gasteiger partial charge in [0.05, 0.1) is 11.6 Å². The van der Waals surface area contributed by atoms with Crippen LogP contribution in [0.5, 0.6) is 5.75 Å². The smallest absolute Gasteiger partial charge is 0.141 e. The Kier molecular flexibility index (Phi) is 4.18. The van der Waals surface area contributed by atoms with E-state index in [4.69, 9.17) is 21.4 Å². The number of rotatable bonds is 4. The molecule has 0 saturated heterocycles. The Morgan fingerprint density at radius 2 is 1.72 bits per heavy atom. The van der Waals surface area contributed by atoms with Crippen molar-refractivity contribution in [2.75, 3.05) is 0 Å². The predicted octanol–water partition coefficient (Wildman–Crippen LogP) is 3.55. The number of hydrogen-bond donors (Lipinski definition) is 1. The van der Waals surface area contributed by atoms with Crippen molar-refractivity contribution < 1.29 is 14.2 Å². The second-order valence-electron chi connectivity index (χ2n) is 3.84. The molecule has 18 heavy (non-hydrogen) atoms. The summed E-state index contributed by atoms with van der Waals surface area (Å²) >= 11 is 5.68. The summed E-state index contributed by atoms with van der Waals surface area (Å²) in [5.74, 6) is 0.250. The Hall–Kier alpha value is -1.58. The molecule has 0 aromatic heterocycles. The minimum absolute atomic E-state index is 0.00779. The molecule has 4 heteroatoms. The zero-order valence-electron chi connectivity index (χ0n) is 9.57. The molecule has 2 rings (SSSR count). The van der Waals surface area contributed by atoms with Crippen molar-refractivity contribution in [2.45, 2.75) is 13.2 Å². The summed E-state index contributed by atoms with van der Waals surface area (Å²) in [5, 5.41) is 8.99. The molecule has 0 spiro atoms. The molecule has 0 unspecified atom stereocenters. The van der Waals surface area contributed by atoms with Crippen LogP contribution in [0.3, 0.4) is 0 Å². The van der Waals surface area contributed by atoms with Gasteiger partial charge in [0.1, 0.15) is 18.2 Å². The zero-order valence-corrected chi connectivity index (χ0v) is 10.3. The Balaban J connectivity index is 1.99. The predicted molar refractivity (Wildman–Crippen MR) is 68.1 cm³/mol. The second-order valence-corrected chi connectivity index (χ2v) is 4.25. The monoisotopic (exact) mass is 266 g/mol. The molecule has 0 bridgehead atoms. The van der Waals surface area contributed by atoms with Gasteiger partial charge in [0.25, 0.3) is 0 Å². The lowest BCUT2D eigenvalue weighted by Gasteiger charge is -2.07. The summed E-state index contributed by atoms with van der Waals surface area (Å²) in [6.45, 7) is 0.326. The number of ether oxygens (including phenoxy) is 1. The lowest BCUT2D eigenvalue weighted by molar-refractivity contribution is 0.280. The molecule has 0 amide bonds. The molecular weight excluding hydrogens is 255 g/mol. The van der Waals surface area contributed by atoms with Crippen LogP contribution in [0.2, 0.25) is 5.02 Å². The first-order chi connectivity index (χ1) is 8.69. The molecule has 0 aliphatic rings. The number of halogens is 2. The van der Waals surface area contributed by atoms with Gasteiger partial charge in [-0.25, -0.2) is 4.39 Å². The molecule has 0 radical (unpaired) electrons. The van der Waals surface area contributed by atoms with Gasteiger partial charge >= 0.3 is 0 Å². The molecule has 0 saturated carbocycles. The highest BCUT2D eigenvalue weighted by atomic mass is 35.5. The van der Waals surface area contributed by atoms with E-state index in [1.165, 1.54) is 6.07 Å². The number of aliphatic hydroxyl groups is 1. The van der Waals surface area contributed by atoms with Crippen LogP contribution < -0.4 is 4.74 Å². The van der Waals surface area contributed by atoms with Crippen molar-refractivity contribution in [3.63, 3.8) is 0 Å². The maximum atomic E-state index is 12.9. The van der Waals surface area contributed by atoms with E-state index in [1.807, 2.05) is 0 Å². The minimum atomic E-state index is -0.437. The highest BCUT2D eigenvalue weighted by Gasteiger charge is 2.02. The first-order valence-corrected chi connectivity index (χ1v) is 5.83. The highest BCUT2D eigenvalue weighted by molar-refractivity contribution is 6.30. The van der Waals surface area contributed by atoms with E-state index >= 15 is 0 Å². The van der Waals surface area contributed by atoms with Crippen LogP contribution in [0.1, 0.15) is 11.1 Å². The Labute approximate surface area is 110 Å². The Morgan fingerprint density at radius 3 is 2.33 bits per heavy atom. The van der Waals surface area contributed by atoms with E-state index in [1.54, 1.807) is 36.4 Å². The van der Waals surface area contributed by atoms with Crippen LogP contribution in [0, 0.1) is 5.82 Å². The number of aliphatic hydroxyl groups excluding tert-OH is 1. The molecule has 0 fully saturated rings. The largest absolute Gasteiger partial charge is 0.489 e. The standard InChI is InChI=1S/C14H12ClFO2/c15-13-7-11(3-6-14(13)16)9-18-12-4-1-10(8-17)2-5-12/h1-7,17H,8-9H2. The minimum Gasteiger partial charge on any atom is -0.489 e. The summed E-state index contributed by atoms with van der Waals surface area (Å²) in [6.07, 6.45) is 0. The maximum Gasteiger partial charge on any atom is 0.141 e. The molecule has 94 valence electrons. The third-order valence-electron chi connectivity index (χ3n) is 2.50. The molecule has 0 heterocycles. The molecule has 2 nitrogen and oxygen atoms in total. The maximum absolute atomic E-state index is 12.9. The van der Waals surface area contributed by atoms with Gasteiger partial charge < -0.3 is 9.84 Å². The SMILES string of the molecule is OCc1ccc(OCc2ccc(F)c(Cl)c2)cc1. The van der Waals surface area contributed by atoms with Gasteiger partial charge in [0.2, 0.25) is 0 Å². The Bertz CT molecular complexity index is 526. The molecule has 0 atom stereocenters. The van der Waals surface area contributed by atoms with E-state index in [2.05, 4.69) is 0 Å². The summed E-state index contributed by atoms with van der Waals surface area (Å²) in [7, 11) is 0. The normalized spacial score (nSPS) is 10.4. The van der Waals surface area contributed by atoms with Crippen LogP contribution in [0.4, 0.5) is 4.39 Å². The molecule has 0 aliphatic carbocycles. The average Bonchev–Trinajstić information content (AvgIpc) is 2.41. The first kappa shape index (κ1) is 12.9. The zero-order chi connectivity index (χ0) is 13.0. The van der Waals surface area contributed by atoms with Crippen molar-refractivity contribution >= 4 is 11.6 Å². The van der Waals surface area contributed by atoms with Gasteiger partial charge in [-0.2, -0.15) is 0 Å². The number of benzene rings is 2. The van der Waals surface area contributed by atoms with Crippen molar-refractivity contribution in [1.29, 1.82) is 0 Å². The molecule has 0 aliphatic heterocycles. The molecular formula is C14H12ClFO2. The average molecular weight is 267 g/mol. The highest BCUT2D eigenvalue weighted by Crippen LogP contribution is 2.18. The summed E-state index contributed by atoms with van der Waals surface area (Å²) in [6, 6.07) is 11.6. The topological polar surface area (TPSA) is 29.5 Å². The first-order valence-electron chi connectivity index (χ1n) is 5.45. The Morgan fingerprint density at radius 1 is 1.06 bits per heavy atom. The molecule has 1 N–H and O–H groups in total. The van der Waals surface area contributed by atoms with E-state index in [9.17, 15) is 4.39 Å². The lowest BCUT2D eigenvalue weighted by atomic mass is 10.2. The van der Waals surface area contributed by atoms with Crippen molar-refractivity contribution in [2.24, 2.45) is 0 Å². The summed E-state index contributed by atoms with van der Waals surface area (Å²) < 4.78 is 18.5. The van der Waals surface area contributed by atoms with Crippen LogP contribution in [0.15, 0.2) is 42.5 Å². The van der Waals surface area contributed by atoms with Gasteiger partial charge in [-0.3, -0.25) is 0 Å². The fourth-order valence-electron chi connectivity index (χ4n) is 1.49. The van der Waals surface area contributed by atoms with E-state index < -0.39 is 5.82 Å². The second kappa shape index (κ2) is 5.85. The molecule has 2 aromatic rings. The van der Waals surface area contributed by atoms with Crippen LogP contribution in [-0.4, -0.2) is 5.11 Å². The fourth-order valence-corrected chi connectivity index (χ4v) is 1.69.